The maximum atomic E-state index is 12.7. The molecule has 1 N–H and O–H groups in total. The summed E-state index contributed by atoms with van der Waals surface area (Å²) in [7, 11) is 0. The maximum Gasteiger partial charge on any atom is 0.338 e. The topological polar surface area (TPSA) is 92.8 Å². The summed E-state index contributed by atoms with van der Waals surface area (Å²) in [5, 5.41) is 2.77. The van der Waals surface area contributed by atoms with Gasteiger partial charge in [0.05, 0.1) is 23.2 Å². The molecule has 0 aliphatic carbocycles. The summed E-state index contributed by atoms with van der Waals surface area (Å²) in [6.45, 7) is 5.38. The van der Waals surface area contributed by atoms with Crippen molar-refractivity contribution in [3.63, 3.8) is 0 Å². The predicted molar refractivity (Wildman–Crippen MR) is 127 cm³/mol. The molecule has 3 aromatic carbocycles. The lowest BCUT2D eigenvalue weighted by atomic mass is 10.1. The highest BCUT2D eigenvalue weighted by molar-refractivity contribution is 6.21. The van der Waals surface area contributed by atoms with Gasteiger partial charge in [-0.3, -0.25) is 19.3 Å². The zero-order chi connectivity index (χ0) is 24.4. The third-order valence-electron chi connectivity index (χ3n) is 5.67. The predicted octanol–water partition coefficient (Wildman–Crippen LogP) is 4.28. The van der Waals surface area contributed by atoms with Gasteiger partial charge in [0.1, 0.15) is 0 Å². The zero-order valence-corrected chi connectivity index (χ0v) is 19.1. The second-order valence-electron chi connectivity index (χ2n) is 8.30. The van der Waals surface area contributed by atoms with E-state index in [1.807, 2.05) is 26.0 Å². The van der Waals surface area contributed by atoms with Crippen LogP contribution in [0.4, 0.5) is 5.69 Å². The van der Waals surface area contributed by atoms with Crippen LogP contribution in [0.1, 0.15) is 54.7 Å². The van der Waals surface area contributed by atoms with Gasteiger partial charge >= 0.3 is 5.97 Å². The molecule has 7 nitrogen and oxygen atoms in total. The number of anilines is 1. The van der Waals surface area contributed by atoms with Gasteiger partial charge in [0.25, 0.3) is 17.7 Å². The first kappa shape index (κ1) is 22.9. The molecule has 0 saturated carbocycles. The first-order valence-electron chi connectivity index (χ1n) is 10.9. The number of carbonyl (C=O) groups is 4. The number of aryl methyl sites for hydroxylation is 2. The van der Waals surface area contributed by atoms with Crippen molar-refractivity contribution in [2.75, 3.05) is 5.32 Å². The molecule has 1 unspecified atom stereocenters. The highest BCUT2D eigenvalue weighted by atomic mass is 16.5. The molecule has 0 radical (unpaired) electrons. The summed E-state index contributed by atoms with van der Waals surface area (Å²) in [5.41, 5.74) is 4.19. The van der Waals surface area contributed by atoms with Crippen molar-refractivity contribution in [1.82, 2.24) is 4.90 Å². The number of benzene rings is 3. The van der Waals surface area contributed by atoms with Crippen LogP contribution in [0.2, 0.25) is 0 Å². The standard InChI is InChI=1S/C27H24N2O5/c1-16-11-12-23(17(2)13-16)28-24(30)18(3)34-27(33)20-8-6-7-19(14-20)15-29-25(31)21-9-4-5-10-22(21)26(29)32/h4-14,18H,15H2,1-3H3,(H,28,30). The van der Waals surface area contributed by atoms with Crippen LogP contribution in [0, 0.1) is 13.8 Å². The van der Waals surface area contributed by atoms with Crippen LogP contribution in [0.5, 0.6) is 0 Å². The molecule has 1 aliphatic rings. The number of hydrogen-bond acceptors (Lipinski definition) is 5. The van der Waals surface area contributed by atoms with Crippen LogP contribution in [0.15, 0.2) is 66.7 Å². The fourth-order valence-corrected chi connectivity index (χ4v) is 3.83. The molecule has 172 valence electrons. The second-order valence-corrected chi connectivity index (χ2v) is 8.30. The number of rotatable bonds is 6. The Bertz CT molecular complexity index is 1280. The van der Waals surface area contributed by atoms with Crippen LogP contribution in [-0.2, 0) is 16.1 Å². The Morgan fingerprint density at radius 3 is 2.24 bits per heavy atom. The average molecular weight is 456 g/mol. The van der Waals surface area contributed by atoms with E-state index in [9.17, 15) is 19.2 Å². The summed E-state index contributed by atoms with van der Waals surface area (Å²) in [6.07, 6.45) is -1.02. The van der Waals surface area contributed by atoms with E-state index >= 15 is 0 Å². The number of ether oxygens (including phenoxy) is 1. The molecule has 0 spiro atoms. The molecule has 1 atom stereocenters. The zero-order valence-electron chi connectivity index (χ0n) is 19.1. The van der Waals surface area contributed by atoms with E-state index in [0.717, 1.165) is 16.0 Å². The van der Waals surface area contributed by atoms with Gasteiger partial charge in [0, 0.05) is 5.69 Å². The SMILES string of the molecule is Cc1ccc(NC(=O)C(C)OC(=O)c2cccc(CN3C(=O)c4ccccc4C3=O)c2)c(C)c1. The number of hydrogen-bond donors (Lipinski definition) is 1. The van der Waals surface area contributed by atoms with Gasteiger partial charge in [-0.25, -0.2) is 4.79 Å². The van der Waals surface area contributed by atoms with Crippen LogP contribution in [-0.4, -0.2) is 34.7 Å². The normalized spacial score (nSPS) is 13.4. The lowest BCUT2D eigenvalue weighted by Crippen LogP contribution is -2.30. The number of amides is 3. The van der Waals surface area contributed by atoms with E-state index in [0.29, 0.717) is 22.4 Å². The molecule has 0 fully saturated rings. The summed E-state index contributed by atoms with van der Waals surface area (Å²) in [4.78, 5) is 51.6. The molecular formula is C27H24N2O5. The number of nitrogens with one attached hydrogen (secondary N) is 1. The number of esters is 1. The Kier molecular flexibility index (Phi) is 6.27. The van der Waals surface area contributed by atoms with Crippen LogP contribution in [0.25, 0.3) is 0 Å². The summed E-state index contributed by atoms with van der Waals surface area (Å²) in [5.74, 6) is -1.86. The Balaban J connectivity index is 1.41. The van der Waals surface area contributed by atoms with Gasteiger partial charge in [-0.1, -0.05) is 42.0 Å². The number of fused-ring (bicyclic) bond motifs is 1. The van der Waals surface area contributed by atoms with Gasteiger partial charge < -0.3 is 10.1 Å². The first-order valence-corrected chi connectivity index (χ1v) is 10.9. The molecule has 3 amide bonds. The first-order chi connectivity index (χ1) is 16.2. The number of carbonyl (C=O) groups excluding carboxylic acids is 4. The fraction of sp³-hybridized carbons (Fsp3) is 0.185. The lowest BCUT2D eigenvalue weighted by molar-refractivity contribution is -0.123. The van der Waals surface area contributed by atoms with E-state index in [2.05, 4.69) is 5.32 Å². The molecule has 0 aromatic heterocycles. The monoisotopic (exact) mass is 456 g/mol. The third-order valence-corrected chi connectivity index (χ3v) is 5.67. The van der Waals surface area contributed by atoms with Crippen molar-refractivity contribution in [3.05, 3.63) is 100 Å². The minimum Gasteiger partial charge on any atom is -0.449 e. The Hall–Kier alpha value is -4.26. The Labute approximate surface area is 197 Å². The lowest BCUT2D eigenvalue weighted by Gasteiger charge is -2.16. The summed E-state index contributed by atoms with van der Waals surface area (Å²) < 4.78 is 5.35. The average Bonchev–Trinajstić information content (AvgIpc) is 3.06. The van der Waals surface area contributed by atoms with Gasteiger partial charge in [-0.15, -0.1) is 0 Å². The van der Waals surface area contributed by atoms with Gasteiger partial charge in [-0.2, -0.15) is 0 Å². The largest absolute Gasteiger partial charge is 0.449 e. The second kappa shape index (κ2) is 9.31. The quantitative estimate of drug-likeness (QED) is 0.441. The van der Waals surface area contributed by atoms with Gasteiger partial charge in [-0.05, 0) is 62.2 Å². The smallest absolute Gasteiger partial charge is 0.338 e. The van der Waals surface area contributed by atoms with Crippen molar-refractivity contribution < 1.29 is 23.9 Å². The molecule has 4 rings (SSSR count). The van der Waals surface area contributed by atoms with Crippen molar-refractivity contribution in [2.45, 2.75) is 33.4 Å². The fourth-order valence-electron chi connectivity index (χ4n) is 3.83. The summed E-state index contributed by atoms with van der Waals surface area (Å²) >= 11 is 0. The highest BCUT2D eigenvalue weighted by Gasteiger charge is 2.35. The molecule has 34 heavy (non-hydrogen) atoms. The maximum absolute atomic E-state index is 12.7. The minimum atomic E-state index is -1.02. The van der Waals surface area contributed by atoms with Crippen molar-refractivity contribution in [3.8, 4) is 0 Å². The van der Waals surface area contributed by atoms with Crippen molar-refractivity contribution in [2.24, 2.45) is 0 Å². The van der Waals surface area contributed by atoms with E-state index in [1.54, 1.807) is 54.6 Å². The molecule has 1 heterocycles. The molecule has 3 aromatic rings. The molecule has 0 bridgehead atoms. The number of nitrogens with zero attached hydrogens (tertiary/aromatic N) is 1. The number of imide groups is 1. The van der Waals surface area contributed by atoms with Crippen molar-refractivity contribution in [1.29, 1.82) is 0 Å². The summed E-state index contributed by atoms with van der Waals surface area (Å²) in [6, 6.07) is 18.8. The van der Waals surface area contributed by atoms with Gasteiger partial charge in [0.15, 0.2) is 6.10 Å². The van der Waals surface area contributed by atoms with Crippen LogP contribution >= 0.6 is 0 Å². The molecule has 0 saturated heterocycles. The molecule has 1 aliphatic heterocycles. The molecular weight excluding hydrogens is 432 g/mol. The van der Waals surface area contributed by atoms with Gasteiger partial charge in [0.2, 0.25) is 0 Å². The third kappa shape index (κ3) is 4.59. The Morgan fingerprint density at radius 1 is 0.912 bits per heavy atom. The minimum absolute atomic E-state index is 0.0240. The highest BCUT2D eigenvalue weighted by Crippen LogP contribution is 2.24. The van der Waals surface area contributed by atoms with E-state index in [4.69, 9.17) is 4.74 Å². The van der Waals surface area contributed by atoms with Crippen LogP contribution in [0.3, 0.4) is 0 Å². The van der Waals surface area contributed by atoms with Crippen LogP contribution < -0.4 is 5.32 Å². The van der Waals surface area contributed by atoms with Crippen molar-refractivity contribution >= 4 is 29.4 Å². The van der Waals surface area contributed by atoms with E-state index < -0.39 is 18.0 Å². The van der Waals surface area contributed by atoms with E-state index in [1.165, 1.54) is 6.92 Å². The van der Waals surface area contributed by atoms with E-state index in [-0.39, 0.29) is 23.9 Å². The molecule has 7 heteroatoms. The Morgan fingerprint density at radius 2 is 1.59 bits per heavy atom.